The molecule has 3 heterocycles. The number of fused-ring (bicyclic) bond motifs is 2. The van der Waals surface area contributed by atoms with E-state index < -0.39 is 20.0 Å². The number of carbonyl (C=O) groups excluding carboxylic acids is 1. The highest BCUT2D eigenvalue weighted by atomic mass is 28.4. The molecule has 0 unspecified atom stereocenters. The van der Waals surface area contributed by atoms with E-state index in [1.807, 2.05) is 20.0 Å². The van der Waals surface area contributed by atoms with Crippen molar-refractivity contribution in [2.75, 3.05) is 19.0 Å². The maximum Gasteiger partial charge on any atom is 0.297 e. The van der Waals surface area contributed by atoms with Gasteiger partial charge in [-0.05, 0) is 49.8 Å². The van der Waals surface area contributed by atoms with Crippen LogP contribution in [0.25, 0.3) is 5.69 Å². The molecule has 0 saturated carbocycles. The van der Waals surface area contributed by atoms with Crippen molar-refractivity contribution in [3.8, 4) is 11.4 Å². The van der Waals surface area contributed by atoms with Gasteiger partial charge in [0.25, 0.3) is 11.5 Å². The van der Waals surface area contributed by atoms with Crippen molar-refractivity contribution in [1.29, 1.82) is 0 Å². The van der Waals surface area contributed by atoms with Crippen LogP contribution in [0.15, 0.2) is 41.3 Å². The fourth-order valence-electron chi connectivity index (χ4n) is 5.26. The van der Waals surface area contributed by atoms with Crippen molar-refractivity contribution < 1.29 is 24.2 Å². The topological polar surface area (TPSA) is 110 Å². The molecule has 166 valence electrons. The van der Waals surface area contributed by atoms with Crippen molar-refractivity contribution in [2.45, 2.75) is 43.7 Å². The number of ether oxygens (including phenoxy) is 2. The Morgan fingerprint density at radius 2 is 2.03 bits per heavy atom. The molecule has 9 heteroatoms. The van der Waals surface area contributed by atoms with Crippen molar-refractivity contribution in [3.63, 3.8) is 0 Å². The number of hydrogen-bond donors (Lipinski definition) is 3. The predicted molar refractivity (Wildman–Crippen MR) is 118 cm³/mol. The molecule has 1 aromatic heterocycles. The number of carbonyl (C=O) groups is 1. The molecule has 1 saturated heterocycles. The molecular weight excluding hydrogens is 416 g/mol. The Morgan fingerprint density at radius 3 is 2.68 bits per heavy atom. The lowest BCUT2D eigenvalue weighted by Crippen LogP contribution is -2.43. The van der Waals surface area contributed by atoms with E-state index in [1.54, 1.807) is 36.5 Å². The van der Waals surface area contributed by atoms with Crippen LogP contribution in [0.3, 0.4) is 0 Å². The van der Waals surface area contributed by atoms with Crippen LogP contribution in [0.5, 0.6) is 5.75 Å². The smallest absolute Gasteiger partial charge is 0.297 e. The molecule has 4 rings (SSSR count). The van der Waals surface area contributed by atoms with Gasteiger partial charge in [-0.3, -0.25) is 14.2 Å². The SMILES string of the molecule is COc1cccn(-c2ccc3c(c2)[C@]2(O[C@@H](CCO)[C@H]([Si](C)(C)O)[C@H]2C)C(=O)N3)c1=O. The first-order valence-corrected chi connectivity index (χ1v) is 13.4. The predicted octanol–water partition coefficient (Wildman–Crippen LogP) is 1.98. The van der Waals surface area contributed by atoms with Gasteiger partial charge in [-0.1, -0.05) is 6.92 Å². The zero-order chi connectivity index (χ0) is 22.6. The molecule has 31 heavy (non-hydrogen) atoms. The Balaban J connectivity index is 1.86. The summed E-state index contributed by atoms with van der Waals surface area (Å²) in [6.45, 7) is 5.50. The van der Waals surface area contributed by atoms with Crippen LogP contribution in [-0.2, 0) is 15.1 Å². The maximum absolute atomic E-state index is 13.2. The number of nitrogens with one attached hydrogen (secondary N) is 1. The van der Waals surface area contributed by atoms with Gasteiger partial charge < -0.3 is 24.7 Å². The average Bonchev–Trinajstić information content (AvgIpc) is 3.16. The van der Waals surface area contributed by atoms with Crippen LogP contribution in [0, 0.1) is 5.92 Å². The van der Waals surface area contributed by atoms with Crippen molar-refractivity contribution in [3.05, 3.63) is 52.4 Å². The quantitative estimate of drug-likeness (QED) is 0.609. The van der Waals surface area contributed by atoms with Gasteiger partial charge in [0.05, 0.1) is 13.2 Å². The zero-order valence-electron chi connectivity index (χ0n) is 18.1. The first-order chi connectivity index (χ1) is 14.6. The number of benzene rings is 1. The molecule has 1 amide bonds. The van der Waals surface area contributed by atoms with Gasteiger partial charge in [0.1, 0.15) is 0 Å². The van der Waals surface area contributed by atoms with Crippen LogP contribution >= 0.6 is 0 Å². The first-order valence-electron chi connectivity index (χ1n) is 10.4. The number of anilines is 1. The van der Waals surface area contributed by atoms with Gasteiger partial charge in [0, 0.05) is 41.2 Å². The van der Waals surface area contributed by atoms with Crippen molar-refractivity contribution >= 4 is 19.9 Å². The lowest BCUT2D eigenvalue weighted by atomic mass is 9.82. The van der Waals surface area contributed by atoms with Crippen LogP contribution in [0.1, 0.15) is 18.9 Å². The highest BCUT2D eigenvalue weighted by molar-refractivity contribution is 6.71. The number of hydrogen-bond acceptors (Lipinski definition) is 6. The standard InChI is InChI=1S/C22H28N2O6Si/c1-13-19(31(3,4)28)17(9-11-25)30-22(13)15-12-14(7-8-16(15)23-21(22)27)24-10-5-6-18(29-2)20(24)26/h5-8,10,12-13,17,19,25,28H,9,11H2,1-4H3,(H,23,27)/t13-,17+,19-,22+/m1/s1. The summed E-state index contributed by atoms with van der Waals surface area (Å²) in [7, 11) is -1.28. The Hall–Kier alpha value is -2.46. The Labute approximate surface area is 181 Å². The number of amides is 1. The lowest BCUT2D eigenvalue weighted by molar-refractivity contribution is -0.143. The molecule has 4 atom stereocenters. The highest BCUT2D eigenvalue weighted by Gasteiger charge is 2.64. The summed E-state index contributed by atoms with van der Waals surface area (Å²) >= 11 is 0. The number of aliphatic hydroxyl groups is 1. The Bertz CT molecular complexity index is 1080. The third-order valence-corrected chi connectivity index (χ3v) is 9.05. The van der Waals surface area contributed by atoms with E-state index >= 15 is 0 Å². The number of nitrogens with zero attached hydrogens (tertiary/aromatic N) is 1. The maximum atomic E-state index is 13.2. The fraction of sp³-hybridized carbons (Fsp3) is 0.455. The molecule has 0 radical (unpaired) electrons. The van der Waals surface area contributed by atoms with E-state index in [-0.39, 0.29) is 35.3 Å². The molecule has 0 aliphatic carbocycles. The number of aliphatic hydroxyl groups excluding tert-OH is 1. The average molecular weight is 445 g/mol. The van der Waals surface area contributed by atoms with Gasteiger partial charge in [-0.2, -0.15) is 0 Å². The van der Waals surface area contributed by atoms with Crippen LogP contribution < -0.4 is 15.6 Å². The molecule has 1 spiro atoms. The summed E-state index contributed by atoms with van der Waals surface area (Å²) in [5.41, 5.74) is 0.0112. The van der Waals surface area contributed by atoms with Gasteiger partial charge in [-0.25, -0.2) is 0 Å². The summed E-state index contributed by atoms with van der Waals surface area (Å²) < 4.78 is 13.0. The van der Waals surface area contributed by atoms with E-state index in [4.69, 9.17) is 9.47 Å². The second-order valence-corrected chi connectivity index (χ2v) is 12.8. The second-order valence-electron chi connectivity index (χ2n) is 8.81. The normalized spacial score (nSPS) is 27.4. The Morgan fingerprint density at radius 1 is 1.29 bits per heavy atom. The third kappa shape index (κ3) is 3.23. The van der Waals surface area contributed by atoms with Gasteiger partial charge in [-0.15, -0.1) is 0 Å². The number of aromatic nitrogens is 1. The lowest BCUT2D eigenvalue weighted by Gasteiger charge is -2.32. The van der Waals surface area contributed by atoms with E-state index in [0.717, 1.165) is 0 Å². The van der Waals surface area contributed by atoms with Crippen molar-refractivity contribution in [2.24, 2.45) is 5.92 Å². The molecular formula is C22H28N2O6Si. The van der Waals surface area contributed by atoms with E-state index in [2.05, 4.69) is 5.32 Å². The molecule has 1 fully saturated rings. The zero-order valence-corrected chi connectivity index (χ0v) is 19.1. The van der Waals surface area contributed by atoms with Gasteiger partial charge in [0.2, 0.25) is 0 Å². The second kappa shape index (κ2) is 7.59. The van der Waals surface area contributed by atoms with Gasteiger partial charge in [0.15, 0.2) is 19.7 Å². The molecule has 3 N–H and O–H groups in total. The highest BCUT2D eigenvalue weighted by Crippen LogP contribution is 2.58. The number of methoxy groups -OCH3 is 1. The monoisotopic (exact) mass is 444 g/mol. The van der Waals surface area contributed by atoms with Crippen LogP contribution in [0.2, 0.25) is 18.6 Å². The van der Waals surface area contributed by atoms with Crippen molar-refractivity contribution in [1.82, 2.24) is 4.57 Å². The largest absolute Gasteiger partial charge is 0.491 e. The molecule has 2 aliphatic heterocycles. The minimum atomic E-state index is -2.72. The summed E-state index contributed by atoms with van der Waals surface area (Å²) in [4.78, 5) is 37.0. The molecule has 0 bridgehead atoms. The molecule has 2 aliphatic rings. The molecule has 8 nitrogen and oxygen atoms in total. The third-order valence-electron chi connectivity index (χ3n) is 6.55. The Kier molecular flexibility index (Phi) is 5.33. The minimum Gasteiger partial charge on any atom is -0.491 e. The summed E-state index contributed by atoms with van der Waals surface area (Å²) in [6, 6.07) is 8.61. The summed E-state index contributed by atoms with van der Waals surface area (Å²) in [5.74, 6) is -0.378. The first kappa shape index (κ1) is 21.8. The van der Waals surface area contributed by atoms with Crippen LogP contribution in [-0.4, -0.2) is 48.5 Å². The summed E-state index contributed by atoms with van der Waals surface area (Å²) in [5, 5.41) is 12.5. The molecule has 1 aromatic carbocycles. The van der Waals surface area contributed by atoms with Crippen LogP contribution in [0.4, 0.5) is 5.69 Å². The number of pyridine rings is 1. The number of rotatable bonds is 5. The van der Waals surface area contributed by atoms with E-state index in [1.165, 1.54) is 11.7 Å². The molecule has 2 aromatic rings. The minimum absolute atomic E-state index is 0.0951. The van der Waals surface area contributed by atoms with E-state index in [9.17, 15) is 19.5 Å². The van der Waals surface area contributed by atoms with Gasteiger partial charge >= 0.3 is 0 Å². The fourth-order valence-corrected chi connectivity index (χ4v) is 7.87. The van der Waals surface area contributed by atoms with E-state index in [0.29, 0.717) is 23.4 Å². The summed E-state index contributed by atoms with van der Waals surface area (Å²) in [6.07, 6.45) is 1.54.